The number of carbonyl (C=O) groups is 3. The molecule has 0 aromatic heterocycles. The molecule has 4 aliphatic rings. The molecule has 4 aliphatic heterocycles. The Bertz CT molecular complexity index is 1660. The van der Waals surface area contributed by atoms with Gasteiger partial charge >= 0.3 is 0 Å². The Labute approximate surface area is 260 Å². The first kappa shape index (κ1) is 28.5. The molecule has 2 fully saturated rings. The smallest absolute Gasteiger partial charge is 0.253 e. The van der Waals surface area contributed by atoms with Gasteiger partial charge in [-0.05, 0) is 48.9 Å². The minimum Gasteiger partial charge on any atom is -0.394 e. The second-order valence-electron chi connectivity index (χ2n) is 11.9. The van der Waals surface area contributed by atoms with Crippen molar-refractivity contribution in [3.05, 3.63) is 120 Å². The molecule has 1 spiro atoms. The zero-order valence-electron chi connectivity index (χ0n) is 24.1. The van der Waals surface area contributed by atoms with Crippen LogP contribution in [0.25, 0.3) is 0 Å². The molecule has 1 N–H and O–H groups in total. The summed E-state index contributed by atoms with van der Waals surface area (Å²) in [4.78, 5) is 49.0. The van der Waals surface area contributed by atoms with Gasteiger partial charge in [0.25, 0.3) is 5.91 Å². The zero-order valence-corrected chi connectivity index (χ0v) is 24.9. The van der Waals surface area contributed by atoms with Crippen LogP contribution in [0.4, 0.5) is 11.4 Å². The van der Waals surface area contributed by atoms with E-state index in [0.717, 1.165) is 0 Å². The number of hydrogen-bond donors (Lipinski definition) is 1. The van der Waals surface area contributed by atoms with Crippen molar-refractivity contribution >= 4 is 40.7 Å². The lowest BCUT2D eigenvalue weighted by Gasteiger charge is -2.40. The predicted molar refractivity (Wildman–Crippen MR) is 167 cm³/mol. The highest BCUT2D eigenvalue weighted by molar-refractivity contribution is 6.30. The molecular formula is C35H32ClN3O5. The summed E-state index contributed by atoms with van der Waals surface area (Å²) >= 11 is 6.16. The molecule has 0 radical (unpaired) electrons. The monoisotopic (exact) mass is 609 g/mol. The minimum atomic E-state index is -1.46. The van der Waals surface area contributed by atoms with Gasteiger partial charge in [0.2, 0.25) is 11.8 Å². The molecule has 224 valence electrons. The Morgan fingerprint density at radius 2 is 1.39 bits per heavy atom. The van der Waals surface area contributed by atoms with Crippen LogP contribution in [0.15, 0.2) is 109 Å². The van der Waals surface area contributed by atoms with Gasteiger partial charge < -0.3 is 24.5 Å². The fraction of sp³-hybridized carbons (Fsp3) is 0.286. The van der Waals surface area contributed by atoms with E-state index in [9.17, 15) is 19.5 Å². The molecule has 4 heterocycles. The fourth-order valence-corrected chi connectivity index (χ4v) is 7.65. The van der Waals surface area contributed by atoms with E-state index in [1.807, 2.05) is 85.8 Å². The summed E-state index contributed by atoms with van der Waals surface area (Å²) in [5.74, 6) is -2.95. The third kappa shape index (κ3) is 4.24. The van der Waals surface area contributed by atoms with E-state index in [2.05, 4.69) is 0 Å². The van der Waals surface area contributed by atoms with Crippen molar-refractivity contribution in [2.75, 3.05) is 29.5 Å². The number of aliphatic hydroxyl groups is 1. The second-order valence-corrected chi connectivity index (χ2v) is 12.3. The van der Waals surface area contributed by atoms with E-state index in [-0.39, 0.29) is 18.4 Å². The van der Waals surface area contributed by atoms with Gasteiger partial charge in [0.05, 0.1) is 30.1 Å². The standard InChI is InChI=1S/C35H32ClN3O5/c1-34-18-8-20-37(25-12-6-3-7-13-25)31(41)28(34)29-32(42)39(27(22-40)23-10-4-2-5-11-23)30-33(43)38(21-9-19-35(29,30)44-34)26-16-14-24(36)15-17-26/h2-19,27-30,40H,20-22H2,1H3/t27-,28-,29+,30?,34+,35+/m1/s1. The topological polar surface area (TPSA) is 90.4 Å². The van der Waals surface area contributed by atoms with Crippen molar-refractivity contribution in [1.29, 1.82) is 0 Å². The molecule has 0 saturated carbocycles. The Morgan fingerprint density at radius 1 is 0.795 bits per heavy atom. The van der Waals surface area contributed by atoms with E-state index in [4.69, 9.17) is 16.3 Å². The van der Waals surface area contributed by atoms with Gasteiger partial charge in [-0.3, -0.25) is 14.4 Å². The molecule has 3 amide bonds. The largest absolute Gasteiger partial charge is 0.394 e. The summed E-state index contributed by atoms with van der Waals surface area (Å²) in [6.07, 6.45) is 7.40. The zero-order chi connectivity index (χ0) is 30.6. The summed E-state index contributed by atoms with van der Waals surface area (Å²) in [6.45, 7) is 1.96. The van der Waals surface area contributed by atoms with Crippen LogP contribution >= 0.6 is 11.6 Å². The van der Waals surface area contributed by atoms with Crippen LogP contribution in [0.5, 0.6) is 0 Å². The first-order valence-corrected chi connectivity index (χ1v) is 15.1. The summed E-state index contributed by atoms with van der Waals surface area (Å²) in [6, 6.07) is 23.5. The Kier molecular flexibility index (Phi) is 6.96. The van der Waals surface area contributed by atoms with Gasteiger partial charge in [0.1, 0.15) is 11.6 Å². The SMILES string of the molecule is C[C@]12C=CCN(c3ccccc3)C(=O)[C@H]1[C@H]1C(=O)N([C@H](CO)c3ccccc3)C3C(=O)N(c4ccc(Cl)cc4)CC=C[C@@]31O2. The summed E-state index contributed by atoms with van der Waals surface area (Å²) < 4.78 is 6.95. The van der Waals surface area contributed by atoms with E-state index >= 15 is 0 Å². The number of anilines is 2. The Hall–Kier alpha value is -4.24. The molecule has 9 heteroatoms. The molecule has 3 aromatic carbocycles. The first-order chi connectivity index (χ1) is 21.3. The number of benzene rings is 3. The normalized spacial score (nSPS) is 30.1. The number of carbonyl (C=O) groups excluding carboxylic acids is 3. The van der Waals surface area contributed by atoms with Crippen molar-refractivity contribution in [2.24, 2.45) is 11.8 Å². The maximum absolute atomic E-state index is 14.9. The molecule has 1 unspecified atom stereocenters. The number of nitrogens with zero attached hydrogens (tertiary/aromatic N) is 3. The van der Waals surface area contributed by atoms with Crippen molar-refractivity contribution in [2.45, 2.75) is 30.2 Å². The van der Waals surface area contributed by atoms with E-state index in [1.54, 1.807) is 40.1 Å². The van der Waals surface area contributed by atoms with Crippen LogP contribution in [-0.2, 0) is 19.1 Å². The van der Waals surface area contributed by atoms with Gasteiger partial charge in [-0.15, -0.1) is 0 Å². The van der Waals surface area contributed by atoms with Gasteiger partial charge in [0, 0.05) is 29.5 Å². The fourth-order valence-electron chi connectivity index (χ4n) is 7.52. The number of halogens is 1. The summed E-state index contributed by atoms with van der Waals surface area (Å²) in [5.41, 5.74) is -0.617. The van der Waals surface area contributed by atoms with Crippen LogP contribution < -0.4 is 9.80 Å². The number of rotatable bonds is 5. The van der Waals surface area contributed by atoms with Crippen LogP contribution in [0, 0.1) is 11.8 Å². The number of aliphatic hydroxyl groups excluding tert-OH is 1. The molecule has 2 saturated heterocycles. The second kappa shape index (κ2) is 10.7. The summed E-state index contributed by atoms with van der Waals surface area (Å²) in [7, 11) is 0. The molecular weight excluding hydrogens is 578 g/mol. The summed E-state index contributed by atoms with van der Waals surface area (Å²) in [5, 5.41) is 11.3. The lowest BCUT2D eigenvalue weighted by molar-refractivity contribution is -0.148. The molecule has 3 aromatic rings. The van der Waals surface area contributed by atoms with E-state index < -0.39 is 47.6 Å². The quantitative estimate of drug-likeness (QED) is 0.429. The molecule has 0 bridgehead atoms. The maximum Gasteiger partial charge on any atom is 0.253 e. The highest BCUT2D eigenvalue weighted by Gasteiger charge is 2.75. The number of fused-ring (bicyclic) bond motifs is 2. The van der Waals surface area contributed by atoms with Gasteiger partial charge in [-0.2, -0.15) is 0 Å². The number of likely N-dealkylation sites (tertiary alicyclic amines) is 1. The number of ether oxygens (including phenoxy) is 1. The average Bonchev–Trinajstić information content (AvgIpc) is 3.30. The van der Waals surface area contributed by atoms with Gasteiger partial charge in [-0.1, -0.05) is 84.4 Å². The van der Waals surface area contributed by atoms with E-state index in [1.165, 1.54) is 4.90 Å². The first-order valence-electron chi connectivity index (χ1n) is 14.8. The Morgan fingerprint density at radius 3 is 2.05 bits per heavy atom. The number of para-hydroxylation sites is 1. The minimum absolute atomic E-state index is 0.229. The van der Waals surface area contributed by atoms with Crippen LogP contribution in [-0.4, -0.2) is 64.7 Å². The van der Waals surface area contributed by atoms with Crippen molar-refractivity contribution in [3.63, 3.8) is 0 Å². The highest BCUT2D eigenvalue weighted by atomic mass is 35.5. The molecule has 6 atom stereocenters. The third-order valence-corrected chi connectivity index (χ3v) is 9.65. The molecule has 0 aliphatic carbocycles. The van der Waals surface area contributed by atoms with Gasteiger partial charge in [-0.25, -0.2) is 0 Å². The highest BCUT2D eigenvalue weighted by Crippen LogP contribution is 2.59. The van der Waals surface area contributed by atoms with E-state index in [0.29, 0.717) is 28.5 Å². The average molecular weight is 610 g/mol. The lowest BCUT2D eigenvalue weighted by atomic mass is 9.74. The van der Waals surface area contributed by atoms with Crippen LogP contribution in [0.3, 0.4) is 0 Å². The van der Waals surface area contributed by atoms with Crippen LogP contribution in [0.2, 0.25) is 5.02 Å². The number of hydrogen-bond acceptors (Lipinski definition) is 5. The number of amides is 3. The molecule has 8 nitrogen and oxygen atoms in total. The lowest BCUT2D eigenvalue weighted by Crippen LogP contribution is -2.57. The third-order valence-electron chi connectivity index (χ3n) is 9.39. The van der Waals surface area contributed by atoms with Crippen molar-refractivity contribution < 1.29 is 24.2 Å². The predicted octanol–water partition coefficient (Wildman–Crippen LogP) is 4.55. The maximum atomic E-state index is 14.9. The molecule has 44 heavy (non-hydrogen) atoms. The Balaban J connectivity index is 1.40. The van der Waals surface area contributed by atoms with Crippen LogP contribution in [0.1, 0.15) is 18.5 Å². The van der Waals surface area contributed by atoms with Crippen molar-refractivity contribution in [3.8, 4) is 0 Å². The molecule has 7 rings (SSSR count). The van der Waals surface area contributed by atoms with Gasteiger partial charge in [0.15, 0.2) is 0 Å². The van der Waals surface area contributed by atoms with Crippen molar-refractivity contribution in [1.82, 2.24) is 4.90 Å².